The van der Waals surface area contributed by atoms with Gasteiger partial charge in [0.05, 0.1) is 0 Å². The van der Waals surface area contributed by atoms with Crippen LogP contribution in [0.1, 0.15) is 52.0 Å². The molecule has 1 aliphatic heterocycles. The summed E-state index contributed by atoms with van der Waals surface area (Å²) >= 11 is 0. The second-order valence-corrected chi connectivity index (χ2v) is 7.41. The molecule has 0 amide bonds. The molecule has 6 nitrogen and oxygen atoms in total. The van der Waals surface area contributed by atoms with E-state index in [1.807, 2.05) is 13.2 Å². The van der Waals surface area contributed by atoms with E-state index in [1.165, 1.54) is 31.2 Å². The van der Waals surface area contributed by atoms with Crippen molar-refractivity contribution in [1.82, 2.24) is 20.5 Å². The average Bonchev–Trinajstić information content (AvgIpc) is 2.71. The van der Waals surface area contributed by atoms with Gasteiger partial charge in [0.15, 0.2) is 5.96 Å². The van der Waals surface area contributed by atoms with Crippen LogP contribution in [0.5, 0.6) is 0 Å². The van der Waals surface area contributed by atoms with Gasteiger partial charge in [-0.1, -0.05) is 33.1 Å². The number of pyridine rings is 1. The van der Waals surface area contributed by atoms with Crippen molar-refractivity contribution >= 4 is 35.8 Å². The first-order chi connectivity index (χ1) is 13.2. The van der Waals surface area contributed by atoms with Crippen LogP contribution >= 0.6 is 24.0 Å². The second-order valence-electron chi connectivity index (χ2n) is 7.41. The Kier molecular flexibility index (Phi) is 12.5. The fraction of sp³-hybridized carbons (Fsp3) is 0.714. The van der Waals surface area contributed by atoms with Gasteiger partial charge in [-0.25, -0.2) is 4.98 Å². The minimum atomic E-state index is 0. The molecule has 0 aromatic carbocycles. The average molecular weight is 502 g/mol. The molecule has 1 saturated heterocycles. The van der Waals surface area contributed by atoms with Crippen molar-refractivity contribution in [2.24, 2.45) is 4.99 Å². The van der Waals surface area contributed by atoms with E-state index < -0.39 is 0 Å². The molecule has 28 heavy (non-hydrogen) atoms. The predicted octanol–water partition coefficient (Wildman–Crippen LogP) is 3.48. The second kappa shape index (κ2) is 14.0. The molecular weight excluding hydrogens is 463 g/mol. The maximum absolute atomic E-state index is 4.59. The highest BCUT2D eigenvalue weighted by atomic mass is 127. The van der Waals surface area contributed by atoms with Crippen LogP contribution in [0.3, 0.4) is 0 Å². The van der Waals surface area contributed by atoms with Crippen molar-refractivity contribution in [3.63, 3.8) is 0 Å². The Bertz CT molecular complexity index is 572. The number of nitrogens with zero attached hydrogens (tertiary/aromatic N) is 4. The Balaban J connectivity index is 0.00000392. The third-order valence-electron chi connectivity index (χ3n) is 5.26. The lowest BCUT2D eigenvalue weighted by atomic mass is 10.1. The van der Waals surface area contributed by atoms with E-state index >= 15 is 0 Å². The van der Waals surface area contributed by atoms with Crippen molar-refractivity contribution in [1.29, 1.82) is 0 Å². The molecule has 0 aliphatic carbocycles. The number of halogens is 1. The van der Waals surface area contributed by atoms with Crippen LogP contribution in [0.2, 0.25) is 0 Å². The summed E-state index contributed by atoms with van der Waals surface area (Å²) in [6.07, 6.45) is 6.92. The summed E-state index contributed by atoms with van der Waals surface area (Å²) in [5.74, 6) is 1.95. The summed E-state index contributed by atoms with van der Waals surface area (Å²) < 4.78 is 0. The monoisotopic (exact) mass is 502 g/mol. The molecule has 2 rings (SSSR count). The van der Waals surface area contributed by atoms with Gasteiger partial charge in [0.1, 0.15) is 5.82 Å². The Morgan fingerprint density at radius 1 is 1.21 bits per heavy atom. The molecule has 1 aromatic heterocycles. The molecule has 1 fully saturated rings. The maximum atomic E-state index is 4.59. The van der Waals surface area contributed by atoms with Crippen LogP contribution in [0.15, 0.2) is 23.3 Å². The zero-order valence-electron chi connectivity index (χ0n) is 18.1. The molecule has 1 atom stereocenters. The third kappa shape index (κ3) is 8.51. The minimum Gasteiger partial charge on any atom is -0.354 e. The highest BCUT2D eigenvalue weighted by Gasteiger charge is 2.16. The van der Waals surface area contributed by atoms with Gasteiger partial charge in [0.2, 0.25) is 0 Å². The summed E-state index contributed by atoms with van der Waals surface area (Å²) in [6.45, 7) is 12.9. The van der Waals surface area contributed by atoms with Gasteiger partial charge in [-0.3, -0.25) is 4.99 Å². The van der Waals surface area contributed by atoms with Crippen LogP contribution in [0.4, 0.5) is 5.82 Å². The van der Waals surface area contributed by atoms with Crippen LogP contribution in [-0.2, 0) is 6.54 Å². The fourth-order valence-electron chi connectivity index (χ4n) is 3.42. The Labute approximate surface area is 188 Å². The van der Waals surface area contributed by atoms with Crippen molar-refractivity contribution < 1.29 is 0 Å². The summed E-state index contributed by atoms with van der Waals surface area (Å²) in [5, 5.41) is 6.93. The molecule has 2 heterocycles. The molecule has 1 aromatic rings. The summed E-state index contributed by atoms with van der Waals surface area (Å²) in [7, 11) is 1.83. The molecule has 0 bridgehead atoms. The number of nitrogens with one attached hydrogen (secondary N) is 2. The molecule has 7 heteroatoms. The van der Waals surface area contributed by atoms with Crippen LogP contribution in [-0.4, -0.2) is 61.7 Å². The van der Waals surface area contributed by atoms with E-state index in [-0.39, 0.29) is 24.0 Å². The number of guanidine groups is 1. The first-order valence-electron chi connectivity index (χ1n) is 10.6. The van der Waals surface area contributed by atoms with E-state index in [1.54, 1.807) is 0 Å². The van der Waals surface area contributed by atoms with Crippen molar-refractivity contribution in [2.45, 2.75) is 59.0 Å². The number of likely N-dealkylation sites (N-methyl/N-ethyl adjacent to an activating group) is 1. The van der Waals surface area contributed by atoms with Crippen molar-refractivity contribution in [2.75, 3.05) is 44.7 Å². The van der Waals surface area contributed by atoms with E-state index in [0.717, 1.165) is 51.0 Å². The van der Waals surface area contributed by atoms with Crippen LogP contribution < -0.4 is 15.5 Å². The highest BCUT2D eigenvalue weighted by Crippen LogP contribution is 2.15. The number of hydrogen-bond donors (Lipinski definition) is 2. The Morgan fingerprint density at radius 2 is 1.96 bits per heavy atom. The zero-order chi connectivity index (χ0) is 19.5. The molecule has 2 N–H and O–H groups in total. The van der Waals surface area contributed by atoms with Gasteiger partial charge >= 0.3 is 0 Å². The molecule has 160 valence electrons. The van der Waals surface area contributed by atoms with Crippen molar-refractivity contribution in [3.8, 4) is 0 Å². The van der Waals surface area contributed by atoms with Crippen LogP contribution in [0.25, 0.3) is 0 Å². The first-order valence-corrected chi connectivity index (χ1v) is 10.6. The van der Waals surface area contributed by atoms with E-state index in [9.17, 15) is 0 Å². The quantitative estimate of drug-likeness (QED) is 0.235. The lowest BCUT2D eigenvalue weighted by Crippen LogP contribution is -2.46. The van der Waals surface area contributed by atoms with Crippen molar-refractivity contribution in [3.05, 3.63) is 23.9 Å². The van der Waals surface area contributed by atoms with Gasteiger partial charge in [-0.2, -0.15) is 0 Å². The summed E-state index contributed by atoms with van der Waals surface area (Å²) in [6, 6.07) is 4.72. The third-order valence-corrected chi connectivity index (χ3v) is 5.26. The van der Waals surface area contributed by atoms with E-state index in [4.69, 9.17) is 0 Å². The van der Waals surface area contributed by atoms with E-state index in [0.29, 0.717) is 6.04 Å². The van der Waals surface area contributed by atoms with Gasteiger partial charge in [-0.05, 0) is 37.6 Å². The topological polar surface area (TPSA) is 55.8 Å². The predicted molar refractivity (Wildman–Crippen MR) is 131 cm³/mol. The highest BCUT2D eigenvalue weighted by molar-refractivity contribution is 14.0. The number of unbranched alkanes of at least 4 members (excludes halogenated alkanes) is 2. The number of rotatable bonds is 9. The van der Waals surface area contributed by atoms with Gasteiger partial charge in [0.25, 0.3) is 0 Å². The number of aliphatic imine (C=N–C) groups is 1. The van der Waals surface area contributed by atoms with Gasteiger partial charge < -0.3 is 20.4 Å². The number of piperazine rings is 1. The van der Waals surface area contributed by atoms with Gasteiger partial charge in [0, 0.05) is 52.0 Å². The molecule has 1 unspecified atom stereocenters. The molecular formula is C21H39IN6. The number of anilines is 1. The van der Waals surface area contributed by atoms with Crippen LogP contribution in [0, 0.1) is 0 Å². The number of hydrogen-bond acceptors (Lipinski definition) is 4. The standard InChI is InChI=1S/C21H38N6.HI/c1-5-7-8-9-18(3)25-21(22-4)24-17-19-10-11-23-20(16-19)27-14-12-26(6-2)13-15-27;/h10-11,16,18H,5-9,12-15,17H2,1-4H3,(H2,22,24,25);1H. The Hall–Kier alpha value is -1.09. The lowest BCUT2D eigenvalue weighted by Gasteiger charge is -2.34. The molecule has 0 radical (unpaired) electrons. The SMILES string of the molecule is CCCCCC(C)NC(=NC)NCc1ccnc(N2CCN(CC)CC2)c1.I. The normalized spacial score (nSPS) is 16.4. The fourth-order valence-corrected chi connectivity index (χ4v) is 3.42. The largest absolute Gasteiger partial charge is 0.354 e. The number of aromatic nitrogens is 1. The zero-order valence-corrected chi connectivity index (χ0v) is 20.4. The van der Waals surface area contributed by atoms with Gasteiger partial charge in [-0.15, -0.1) is 24.0 Å². The smallest absolute Gasteiger partial charge is 0.191 e. The maximum Gasteiger partial charge on any atom is 0.191 e. The lowest BCUT2D eigenvalue weighted by molar-refractivity contribution is 0.270. The minimum absolute atomic E-state index is 0. The summed E-state index contributed by atoms with van der Waals surface area (Å²) in [5.41, 5.74) is 1.24. The van der Waals surface area contributed by atoms with E-state index in [2.05, 4.69) is 63.3 Å². The summed E-state index contributed by atoms with van der Waals surface area (Å²) in [4.78, 5) is 13.8. The Morgan fingerprint density at radius 3 is 2.61 bits per heavy atom. The molecule has 0 saturated carbocycles. The molecule has 1 aliphatic rings. The molecule has 0 spiro atoms. The first kappa shape index (κ1) is 24.9.